The zero-order valence-electron chi connectivity index (χ0n) is 23.6. The third kappa shape index (κ3) is 4.02. The van der Waals surface area contributed by atoms with E-state index in [4.69, 9.17) is 14.9 Å². The van der Waals surface area contributed by atoms with Crippen LogP contribution in [0, 0.1) is 20.8 Å². The van der Waals surface area contributed by atoms with Crippen molar-refractivity contribution in [3.63, 3.8) is 0 Å². The van der Waals surface area contributed by atoms with Crippen molar-refractivity contribution < 1.29 is 4.74 Å². The number of aryl methyl sites for hydroxylation is 3. The second-order valence-corrected chi connectivity index (χ2v) is 10.5. The molecule has 6 aromatic rings. The summed E-state index contributed by atoms with van der Waals surface area (Å²) in [4.78, 5) is 2.34. The van der Waals surface area contributed by atoms with Crippen LogP contribution in [0.3, 0.4) is 0 Å². The van der Waals surface area contributed by atoms with Crippen LogP contribution in [0.25, 0.3) is 11.4 Å². The number of anilines is 3. The molecule has 1 aliphatic rings. The first-order valence-corrected chi connectivity index (χ1v) is 13.9. The lowest BCUT2D eigenvalue weighted by Gasteiger charge is -2.35. The molecular formula is C35H31N5O. The van der Waals surface area contributed by atoms with E-state index in [9.17, 15) is 0 Å². The number of para-hydroxylation sites is 2. The van der Waals surface area contributed by atoms with Crippen LogP contribution in [0.15, 0.2) is 109 Å². The van der Waals surface area contributed by atoms with Gasteiger partial charge < -0.3 is 4.74 Å². The van der Waals surface area contributed by atoms with Crippen molar-refractivity contribution >= 4 is 17.3 Å². The van der Waals surface area contributed by atoms with Crippen LogP contribution in [0.2, 0.25) is 0 Å². The fourth-order valence-electron chi connectivity index (χ4n) is 5.97. The summed E-state index contributed by atoms with van der Waals surface area (Å²) in [6.07, 6.45) is 0. The lowest BCUT2D eigenvalue weighted by molar-refractivity contribution is 0.414. The largest absolute Gasteiger partial charge is 0.497 e. The van der Waals surface area contributed by atoms with Gasteiger partial charge in [-0.15, -0.1) is 0 Å². The van der Waals surface area contributed by atoms with E-state index in [1.54, 1.807) is 7.11 Å². The van der Waals surface area contributed by atoms with Crippen LogP contribution >= 0.6 is 0 Å². The molecule has 7 rings (SSSR count). The zero-order chi connectivity index (χ0) is 28.1. The number of rotatable bonds is 5. The average Bonchev–Trinajstić information content (AvgIpc) is 3.54. The van der Waals surface area contributed by atoms with Crippen molar-refractivity contribution in [2.24, 2.45) is 0 Å². The van der Waals surface area contributed by atoms with Crippen molar-refractivity contribution in [2.45, 2.75) is 26.7 Å². The van der Waals surface area contributed by atoms with Crippen molar-refractivity contribution in [3.8, 4) is 17.1 Å². The van der Waals surface area contributed by atoms with Gasteiger partial charge in [-0.05, 0) is 74.9 Å². The van der Waals surface area contributed by atoms with E-state index in [2.05, 4.69) is 120 Å². The molecule has 6 heteroatoms. The monoisotopic (exact) mass is 537 g/mol. The Morgan fingerprint density at radius 3 is 1.51 bits per heavy atom. The molecule has 0 fully saturated rings. The summed E-state index contributed by atoms with van der Waals surface area (Å²) >= 11 is 0. The number of benzene rings is 4. The van der Waals surface area contributed by atoms with Crippen molar-refractivity contribution in [3.05, 3.63) is 143 Å². The molecule has 6 nitrogen and oxygen atoms in total. The fraction of sp³-hybridized carbons (Fsp3) is 0.143. The molecule has 0 spiro atoms. The highest BCUT2D eigenvalue weighted by molar-refractivity contribution is 5.85. The first-order chi connectivity index (χ1) is 20.0. The number of hydrogen-bond acceptors (Lipinski definition) is 4. The van der Waals surface area contributed by atoms with Gasteiger partial charge in [0.05, 0.1) is 29.9 Å². The van der Waals surface area contributed by atoms with Gasteiger partial charge in [0.1, 0.15) is 17.4 Å². The maximum Gasteiger partial charge on any atom is 0.147 e. The van der Waals surface area contributed by atoms with E-state index in [0.29, 0.717) is 0 Å². The highest BCUT2D eigenvalue weighted by Gasteiger charge is 2.42. The first-order valence-electron chi connectivity index (χ1n) is 13.9. The van der Waals surface area contributed by atoms with Crippen molar-refractivity contribution in [1.29, 1.82) is 0 Å². The molecule has 202 valence electrons. The SMILES string of the molecule is COc1ccc(C2c3c(C)nn(-c4ccccc4)c3N(c3ccc(C)cc3)c3c2c(C)nn3-c2ccccc2)cc1. The van der Waals surface area contributed by atoms with Gasteiger partial charge in [-0.3, -0.25) is 4.90 Å². The topological polar surface area (TPSA) is 48.1 Å². The summed E-state index contributed by atoms with van der Waals surface area (Å²) < 4.78 is 9.68. The lowest BCUT2D eigenvalue weighted by Crippen LogP contribution is -2.26. The molecule has 0 radical (unpaired) electrons. The summed E-state index contributed by atoms with van der Waals surface area (Å²) in [5.74, 6) is 2.80. The van der Waals surface area contributed by atoms with E-state index in [0.717, 1.165) is 45.8 Å². The van der Waals surface area contributed by atoms with Gasteiger partial charge in [0.25, 0.3) is 0 Å². The van der Waals surface area contributed by atoms with Crippen LogP contribution in [0.4, 0.5) is 17.3 Å². The van der Waals surface area contributed by atoms with E-state index in [-0.39, 0.29) is 5.92 Å². The molecule has 0 atom stereocenters. The van der Waals surface area contributed by atoms with Gasteiger partial charge in [0.2, 0.25) is 0 Å². The van der Waals surface area contributed by atoms with Crippen LogP contribution < -0.4 is 9.64 Å². The Hall–Kier alpha value is -5.10. The summed E-state index contributed by atoms with van der Waals surface area (Å²) in [6.45, 7) is 6.35. The molecule has 0 aliphatic carbocycles. The zero-order valence-corrected chi connectivity index (χ0v) is 23.6. The summed E-state index contributed by atoms with van der Waals surface area (Å²) in [7, 11) is 1.70. The normalized spacial score (nSPS) is 12.7. The molecule has 0 N–H and O–H groups in total. The number of methoxy groups -OCH3 is 1. The van der Waals surface area contributed by atoms with E-state index < -0.39 is 0 Å². The highest BCUT2D eigenvalue weighted by atomic mass is 16.5. The number of hydrogen-bond donors (Lipinski definition) is 0. The minimum atomic E-state index is -0.0671. The van der Waals surface area contributed by atoms with Gasteiger partial charge in [-0.25, -0.2) is 9.36 Å². The van der Waals surface area contributed by atoms with Crippen LogP contribution in [-0.4, -0.2) is 26.7 Å². The summed E-state index contributed by atoms with van der Waals surface area (Å²) in [5, 5.41) is 10.4. The predicted octanol–water partition coefficient (Wildman–Crippen LogP) is 7.96. The minimum Gasteiger partial charge on any atom is -0.497 e. The number of fused-ring (bicyclic) bond motifs is 2. The van der Waals surface area contributed by atoms with Crippen molar-refractivity contribution in [1.82, 2.24) is 19.6 Å². The van der Waals surface area contributed by atoms with E-state index in [1.165, 1.54) is 22.3 Å². The Kier molecular flexibility index (Phi) is 5.97. The predicted molar refractivity (Wildman–Crippen MR) is 164 cm³/mol. The molecule has 0 bridgehead atoms. The Morgan fingerprint density at radius 2 is 1.05 bits per heavy atom. The average molecular weight is 538 g/mol. The smallest absolute Gasteiger partial charge is 0.147 e. The Labute approximate surface area is 240 Å². The summed E-state index contributed by atoms with van der Waals surface area (Å²) in [5.41, 5.74) is 9.76. The molecule has 3 heterocycles. The van der Waals surface area contributed by atoms with E-state index >= 15 is 0 Å². The molecule has 0 saturated carbocycles. The molecule has 0 amide bonds. The third-order valence-corrected chi connectivity index (χ3v) is 7.91. The second kappa shape index (κ2) is 9.82. The number of ether oxygens (including phenoxy) is 1. The Balaban J connectivity index is 1.60. The molecule has 0 saturated heterocycles. The molecule has 1 aliphatic heterocycles. The maximum absolute atomic E-state index is 5.51. The Morgan fingerprint density at radius 1 is 0.561 bits per heavy atom. The van der Waals surface area contributed by atoms with Crippen LogP contribution in [0.5, 0.6) is 5.75 Å². The second-order valence-electron chi connectivity index (χ2n) is 10.5. The molecule has 4 aromatic carbocycles. The molecule has 41 heavy (non-hydrogen) atoms. The van der Waals surface area contributed by atoms with Crippen molar-refractivity contribution in [2.75, 3.05) is 12.0 Å². The molecular weight excluding hydrogens is 506 g/mol. The van der Waals surface area contributed by atoms with Gasteiger partial charge in [-0.2, -0.15) is 10.2 Å². The van der Waals surface area contributed by atoms with Gasteiger partial charge in [-0.1, -0.05) is 66.2 Å². The minimum absolute atomic E-state index is 0.0671. The molecule has 2 aromatic heterocycles. The third-order valence-electron chi connectivity index (χ3n) is 7.91. The quantitative estimate of drug-likeness (QED) is 0.224. The standard InChI is InChI=1S/C35H31N5O/c1-23-15-19-27(20-16-23)38-34-31(24(2)36-39(34)28-11-7-5-8-12-28)33(26-17-21-30(41-4)22-18-26)32-25(3)37-40(35(32)38)29-13-9-6-10-14-29/h5-22,33H,1-4H3. The lowest BCUT2D eigenvalue weighted by atomic mass is 9.81. The van der Waals surface area contributed by atoms with Crippen LogP contribution in [-0.2, 0) is 0 Å². The van der Waals surface area contributed by atoms with Gasteiger partial charge in [0.15, 0.2) is 0 Å². The number of nitrogens with zero attached hydrogens (tertiary/aromatic N) is 5. The van der Waals surface area contributed by atoms with Crippen LogP contribution in [0.1, 0.15) is 39.6 Å². The maximum atomic E-state index is 5.51. The summed E-state index contributed by atoms with van der Waals surface area (Å²) in [6, 6.07) is 37.8. The highest BCUT2D eigenvalue weighted by Crippen LogP contribution is 2.54. The first kappa shape index (κ1) is 24.9. The van der Waals surface area contributed by atoms with Gasteiger partial charge >= 0.3 is 0 Å². The van der Waals surface area contributed by atoms with Gasteiger partial charge in [0, 0.05) is 22.7 Å². The fourth-order valence-corrected chi connectivity index (χ4v) is 5.97. The number of aromatic nitrogens is 4. The Bertz CT molecular complexity index is 1740. The van der Waals surface area contributed by atoms with E-state index in [1.807, 2.05) is 24.3 Å². The molecule has 0 unspecified atom stereocenters.